The Morgan fingerprint density at radius 1 is 1.18 bits per heavy atom. The summed E-state index contributed by atoms with van der Waals surface area (Å²) in [5.74, 6) is -0.574. The smallest absolute Gasteiger partial charge is 0.341 e. The minimum atomic E-state index is -0.442. The Morgan fingerprint density at radius 3 is 2.50 bits per heavy atom. The van der Waals surface area contributed by atoms with Crippen molar-refractivity contribution in [1.82, 2.24) is 4.90 Å². The Labute approximate surface area is 175 Å². The van der Waals surface area contributed by atoms with Gasteiger partial charge in [0.15, 0.2) is 0 Å². The molecule has 152 valence electrons. The lowest BCUT2D eigenvalue weighted by molar-refractivity contribution is -0.117. The Kier molecular flexibility index (Phi) is 8.96. The Bertz CT molecular complexity index is 789. The highest BCUT2D eigenvalue weighted by atomic mass is 35.5. The molecule has 0 saturated carbocycles. The van der Waals surface area contributed by atoms with Crippen molar-refractivity contribution in [2.45, 2.75) is 33.6 Å². The number of thiophene rings is 1. The molecule has 0 fully saturated rings. The van der Waals surface area contributed by atoms with Crippen LogP contribution in [-0.4, -0.2) is 43.0 Å². The van der Waals surface area contributed by atoms with E-state index in [0.29, 0.717) is 22.1 Å². The highest BCUT2D eigenvalue weighted by Crippen LogP contribution is 2.36. The molecular formula is C21H27ClN2O3S. The summed E-state index contributed by atoms with van der Waals surface area (Å²) in [4.78, 5) is 27.2. The monoisotopic (exact) mass is 422 g/mol. The van der Waals surface area contributed by atoms with Crippen LogP contribution in [0.15, 0.2) is 29.6 Å². The third-order valence-electron chi connectivity index (χ3n) is 4.32. The molecule has 1 aromatic carbocycles. The molecule has 5 nitrogen and oxygen atoms in total. The van der Waals surface area contributed by atoms with Gasteiger partial charge in [0, 0.05) is 16.0 Å². The van der Waals surface area contributed by atoms with Gasteiger partial charge in [-0.15, -0.1) is 11.3 Å². The third kappa shape index (κ3) is 6.06. The van der Waals surface area contributed by atoms with Crippen molar-refractivity contribution in [2.75, 3.05) is 31.6 Å². The average Bonchev–Trinajstić information content (AvgIpc) is 3.09. The zero-order valence-electron chi connectivity index (χ0n) is 16.6. The number of benzene rings is 1. The molecule has 2 rings (SSSR count). The zero-order chi connectivity index (χ0) is 20.5. The van der Waals surface area contributed by atoms with E-state index in [0.717, 1.165) is 37.1 Å². The lowest BCUT2D eigenvalue weighted by Crippen LogP contribution is -2.34. The van der Waals surface area contributed by atoms with Crippen molar-refractivity contribution in [1.29, 1.82) is 0 Å². The number of nitrogens with zero attached hydrogens (tertiary/aromatic N) is 1. The van der Waals surface area contributed by atoms with Gasteiger partial charge >= 0.3 is 5.97 Å². The highest BCUT2D eigenvalue weighted by molar-refractivity contribution is 7.15. The van der Waals surface area contributed by atoms with Gasteiger partial charge in [-0.3, -0.25) is 9.69 Å². The highest BCUT2D eigenvalue weighted by Gasteiger charge is 2.23. The van der Waals surface area contributed by atoms with Gasteiger partial charge in [-0.1, -0.05) is 44.0 Å². The summed E-state index contributed by atoms with van der Waals surface area (Å²) in [6.07, 6.45) is 2.13. The van der Waals surface area contributed by atoms with Crippen molar-refractivity contribution in [2.24, 2.45) is 0 Å². The number of hydrogen-bond acceptors (Lipinski definition) is 5. The molecule has 0 radical (unpaired) electrons. The maximum Gasteiger partial charge on any atom is 0.341 e. The number of halogens is 1. The average molecular weight is 423 g/mol. The van der Waals surface area contributed by atoms with Crippen LogP contribution in [0, 0.1) is 0 Å². The number of hydrogen-bond donors (Lipinski definition) is 1. The molecule has 1 heterocycles. The van der Waals surface area contributed by atoms with E-state index < -0.39 is 5.97 Å². The van der Waals surface area contributed by atoms with Crippen LogP contribution in [0.25, 0.3) is 11.1 Å². The Morgan fingerprint density at radius 2 is 1.89 bits per heavy atom. The first-order valence-electron chi connectivity index (χ1n) is 9.56. The number of ether oxygens (including phenoxy) is 1. The van der Waals surface area contributed by atoms with E-state index in [1.165, 1.54) is 11.3 Å². The van der Waals surface area contributed by atoms with Crippen LogP contribution in [0.2, 0.25) is 5.02 Å². The van der Waals surface area contributed by atoms with Crippen LogP contribution in [0.5, 0.6) is 0 Å². The second-order valence-electron chi connectivity index (χ2n) is 6.35. The molecule has 0 aliphatic carbocycles. The number of nitrogens with one attached hydrogen (secondary N) is 1. The second kappa shape index (κ2) is 11.2. The van der Waals surface area contributed by atoms with E-state index in [9.17, 15) is 9.59 Å². The van der Waals surface area contributed by atoms with Crippen LogP contribution in [0.3, 0.4) is 0 Å². The minimum Gasteiger partial charge on any atom is -0.462 e. The minimum absolute atomic E-state index is 0.131. The molecule has 0 aliphatic rings. The van der Waals surface area contributed by atoms with Crippen LogP contribution in [-0.2, 0) is 9.53 Å². The van der Waals surface area contributed by atoms with E-state index >= 15 is 0 Å². The van der Waals surface area contributed by atoms with Crippen LogP contribution in [0.1, 0.15) is 44.0 Å². The normalized spacial score (nSPS) is 10.9. The molecule has 28 heavy (non-hydrogen) atoms. The molecule has 1 aromatic heterocycles. The molecule has 0 atom stereocenters. The van der Waals surface area contributed by atoms with E-state index in [2.05, 4.69) is 17.1 Å². The predicted octanol–water partition coefficient (Wildman–Crippen LogP) is 5.31. The fourth-order valence-electron chi connectivity index (χ4n) is 2.80. The van der Waals surface area contributed by atoms with Gasteiger partial charge in [0.1, 0.15) is 10.6 Å². The predicted molar refractivity (Wildman–Crippen MR) is 116 cm³/mol. The molecule has 7 heteroatoms. The maximum absolute atomic E-state index is 12.6. The topological polar surface area (TPSA) is 58.6 Å². The summed E-state index contributed by atoms with van der Waals surface area (Å²) >= 11 is 7.30. The van der Waals surface area contributed by atoms with Crippen molar-refractivity contribution >= 4 is 39.8 Å². The van der Waals surface area contributed by atoms with Crippen molar-refractivity contribution in [3.05, 3.63) is 40.2 Å². The molecular weight excluding hydrogens is 396 g/mol. The van der Waals surface area contributed by atoms with Gasteiger partial charge in [0.2, 0.25) is 5.91 Å². The lowest BCUT2D eigenvalue weighted by atomic mass is 10.0. The lowest BCUT2D eigenvalue weighted by Gasteiger charge is -2.19. The van der Waals surface area contributed by atoms with E-state index in [1.807, 2.05) is 24.4 Å². The quantitative estimate of drug-likeness (QED) is 0.527. The van der Waals surface area contributed by atoms with Crippen LogP contribution < -0.4 is 5.32 Å². The summed E-state index contributed by atoms with van der Waals surface area (Å²) in [6, 6.07) is 7.24. The summed E-state index contributed by atoms with van der Waals surface area (Å²) in [7, 11) is 0. The maximum atomic E-state index is 12.6. The summed E-state index contributed by atoms with van der Waals surface area (Å²) in [5.41, 5.74) is 1.97. The summed E-state index contributed by atoms with van der Waals surface area (Å²) in [6.45, 7) is 8.18. The van der Waals surface area contributed by atoms with Crippen LogP contribution in [0.4, 0.5) is 5.00 Å². The molecule has 2 aromatic rings. The second-order valence-corrected chi connectivity index (χ2v) is 7.67. The van der Waals surface area contributed by atoms with Gasteiger partial charge in [0.05, 0.1) is 13.2 Å². The first-order valence-corrected chi connectivity index (χ1v) is 10.8. The van der Waals surface area contributed by atoms with Crippen molar-refractivity contribution < 1.29 is 14.3 Å². The first kappa shape index (κ1) is 22.4. The van der Waals surface area contributed by atoms with E-state index in [4.69, 9.17) is 16.3 Å². The van der Waals surface area contributed by atoms with Gasteiger partial charge in [-0.05, 0) is 44.1 Å². The summed E-state index contributed by atoms with van der Waals surface area (Å²) < 4.78 is 5.23. The molecule has 0 spiro atoms. The van der Waals surface area contributed by atoms with Crippen molar-refractivity contribution in [3.8, 4) is 11.1 Å². The number of esters is 1. The third-order valence-corrected chi connectivity index (χ3v) is 5.47. The number of rotatable bonds is 10. The fraction of sp³-hybridized carbons (Fsp3) is 0.429. The number of unbranched alkanes of at least 4 members (excludes halogenated alkanes) is 1. The molecule has 1 N–H and O–H groups in total. The molecule has 0 bridgehead atoms. The van der Waals surface area contributed by atoms with E-state index in [1.54, 1.807) is 19.1 Å². The first-order chi connectivity index (χ1) is 13.5. The number of carbonyl (C=O) groups excluding carboxylic acids is 2. The molecule has 0 aliphatic heterocycles. The number of anilines is 1. The summed E-state index contributed by atoms with van der Waals surface area (Å²) in [5, 5.41) is 5.90. The number of amides is 1. The fourth-order valence-corrected chi connectivity index (χ4v) is 3.90. The van der Waals surface area contributed by atoms with Crippen LogP contribution >= 0.6 is 22.9 Å². The molecule has 1 amide bonds. The van der Waals surface area contributed by atoms with Gasteiger partial charge in [-0.25, -0.2) is 4.79 Å². The number of likely N-dealkylation sites (N-methyl/N-ethyl adjacent to an activating group) is 1. The molecule has 0 saturated heterocycles. The SMILES string of the molecule is CCCCN(CC)CC(=O)Nc1scc(-c2ccc(Cl)cc2)c1C(=O)OCC. The largest absolute Gasteiger partial charge is 0.462 e. The number of carbonyl (C=O) groups is 2. The Balaban J connectivity index is 2.24. The van der Waals surface area contributed by atoms with Gasteiger partial charge in [-0.2, -0.15) is 0 Å². The Hall–Kier alpha value is -1.89. The van der Waals surface area contributed by atoms with Gasteiger partial charge < -0.3 is 10.1 Å². The van der Waals surface area contributed by atoms with E-state index in [-0.39, 0.29) is 12.5 Å². The standard InChI is InChI=1S/C21H27ClN2O3S/c1-4-7-12-24(5-2)13-18(25)23-20-19(21(26)27-6-3)17(14-28-20)15-8-10-16(22)11-9-15/h8-11,14H,4-7,12-13H2,1-3H3,(H,23,25). The zero-order valence-corrected chi connectivity index (χ0v) is 18.2. The van der Waals surface area contributed by atoms with Gasteiger partial charge in [0.25, 0.3) is 0 Å². The van der Waals surface area contributed by atoms with Crippen molar-refractivity contribution in [3.63, 3.8) is 0 Å². The molecule has 0 unspecified atom stereocenters.